The smallest absolute Gasteiger partial charge is 0.321 e. The van der Waals surface area contributed by atoms with Crippen molar-refractivity contribution in [2.45, 2.75) is 81.8 Å². The van der Waals surface area contributed by atoms with E-state index in [1.807, 2.05) is 12.1 Å². The molecule has 2 aromatic rings. The molecule has 3 aliphatic rings. The van der Waals surface area contributed by atoms with Crippen LogP contribution in [0.4, 0.5) is 4.39 Å². The maximum Gasteiger partial charge on any atom is 0.321 e. The second-order valence-corrected chi connectivity index (χ2v) is 12.4. The van der Waals surface area contributed by atoms with Crippen LogP contribution in [0.3, 0.4) is 0 Å². The SMILES string of the molecule is O=C(O)C(C1CCCCC1)N1CC(CN2CCC(O)(CCCc3ccc(F)cc3)CC2)C(c2ccccc2)C1. The van der Waals surface area contributed by atoms with Crippen molar-refractivity contribution < 1.29 is 19.4 Å². The van der Waals surface area contributed by atoms with E-state index in [0.717, 1.165) is 96.1 Å². The van der Waals surface area contributed by atoms with Crippen molar-refractivity contribution in [3.05, 3.63) is 71.5 Å². The van der Waals surface area contributed by atoms with E-state index >= 15 is 0 Å². The van der Waals surface area contributed by atoms with Gasteiger partial charge in [-0.2, -0.15) is 0 Å². The summed E-state index contributed by atoms with van der Waals surface area (Å²) in [5, 5.41) is 21.5. The maximum atomic E-state index is 13.2. The lowest BCUT2D eigenvalue weighted by molar-refractivity contribution is -0.145. The number of rotatable bonds is 10. The number of aliphatic carboxylic acids is 1. The Labute approximate surface area is 233 Å². The van der Waals surface area contributed by atoms with E-state index in [1.165, 1.54) is 24.1 Å². The molecule has 0 bridgehead atoms. The Balaban J connectivity index is 1.19. The van der Waals surface area contributed by atoms with Crippen molar-refractivity contribution in [1.29, 1.82) is 0 Å². The molecule has 0 amide bonds. The van der Waals surface area contributed by atoms with E-state index < -0.39 is 11.6 Å². The number of aliphatic hydroxyl groups is 1. The van der Waals surface area contributed by atoms with Gasteiger partial charge < -0.3 is 15.1 Å². The van der Waals surface area contributed by atoms with E-state index in [9.17, 15) is 19.4 Å². The monoisotopic (exact) mass is 536 g/mol. The summed E-state index contributed by atoms with van der Waals surface area (Å²) in [6.07, 6.45) is 9.63. The highest BCUT2D eigenvalue weighted by Crippen LogP contribution is 2.39. The lowest BCUT2D eigenvalue weighted by Crippen LogP contribution is -2.47. The Morgan fingerprint density at radius 1 is 0.974 bits per heavy atom. The zero-order valence-corrected chi connectivity index (χ0v) is 23.2. The second-order valence-electron chi connectivity index (χ2n) is 12.4. The quantitative estimate of drug-likeness (QED) is 0.406. The first-order valence-corrected chi connectivity index (χ1v) is 15.1. The molecule has 2 aromatic carbocycles. The third-order valence-corrected chi connectivity index (χ3v) is 9.74. The molecule has 3 fully saturated rings. The summed E-state index contributed by atoms with van der Waals surface area (Å²) in [5.74, 6) is 0.0946. The van der Waals surface area contributed by atoms with Gasteiger partial charge in [0.25, 0.3) is 0 Å². The Kier molecular flexibility index (Phi) is 9.36. The van der Waals surface area contributed by atoms with Crippen molar-refractivity contribution in [3.63, 3.8) is 0 Å². The molecule has 3 atom stereocenters. The highest BCUT2D eigenvalue weighted by molar-refractivity contribution is 5.74. The van der Waals surface area contributed by atoms with Gasteiger partial charge in [0.2, 0.25) is 0 Å². The fourth-order valence-electron chi connectivity index (χ4n) is 7.51. The van der Waals surface area contributed by atoms with Gasteiger partial charge in [-0.25, -0.2) is 4.39 Å². The number of hydrogen-bond donors (Lipinski definition) is 2. The topological polar surface area (TPSA) is 64.0 Å². The van der Waals surface area contributed by atoms with Crippen molar-refractivity contribution in [2.24, 2.45) is 11.8 Å². The third-order valence-electron chi connectivity index (χ3n) is 9.74. The Morgan fingerprint density at radius 2 is 1.67 bits per heavy atom. The van der Waals surface area contributed by atoms with Crippen LogP contribution < -0.4 is 0 Å². The summed E-state index contributed by atoms with van der Waals surface area (Å²) in [7, 11) is 0. The molecule has 2 heterocycles. The van der Waals surface area contributed by atoms with Gasteiger partial charge in [0.05, 0.1) is 5.60 Å². The number of halogens is 1. The van der Waals surface area contributed by atoms with E-state index in [1.54, 1.807) is 0 Å². The van der Waals surface area contributed by atoms with Crippen LogP contribution in [0.2, 0.25) is 0 Å². The number of carboxylic acid groups (broad SMARTS) is 1. The van der Waals surface area contributed by atoms with E-state index in [2.05, 4.69) is 40.1 Å². The van der Waals surface area contributed by atoms with Crippen molar-refractivity contribution in [3.8, 4) is 0 Å². The van der Waals surface area contributed by atoms with Crippen molar-refractivity contribution in [1.82, 2.24) is 9.80 Å². The van der Waals surface area contributed by atoms with E-state index in [-0.39, 0.29) is 17.8 Å². The minimum atomic E-state index is -0.655. The minimum Gasteiger partial charge on any atom is -0.480 e. The van der Waals surface area contributed by atoms with Gasteiger partial charge >= 0.3 is 5.97 Å². The van der Waals surface area contributed by atoms with Crippen LogP contribution in [0.5, 0.6) is 0 Å². The molecule has 2 saturated heterocycles. The number of carbonyl (C=O) groups is 1. The number of carboxylic acids is 1. The van der Waals surface area contributed by atoms with Gasteiger partial charge in [-0.3, -0.25) is 9.69 Å². The summed E-state index contributed by atoms with van der Waals surface area (Å²) in [6.45, 7) is 4.32. The molecular weight excluding hydrogens is 491 g/mol. The zero-order valence-electron chi connectivity index (χ0n) is 23.2. The lowest BCUT2D eigenvalue weighted by atomic mass is 9.83. The molecule has 6 heteroatoms. The summed E-state index contributed by atoms with van der Waals surface area (Å²) in [5.41, 5.74) is 1.79. The Hall–Kier alpha value is -2.28. The fraction of sp³-hybridized carbons (Fsp3) is 0.606. The number of likely N-dealkylation sites (tertiary alicyclic amines) is 2. The van der Waals surface area contributed by atoms with Crippen LogP contribution in [0.15, 0.2) is 54.6 Å². The minimum absolute atomic E-state index is 0.211. The van der Waals surface area contributed by atoms with E-state index in [0.29, 0.717) is 11.8 Å². The Bertz CT molecular complexity index is 1050. The van der Waals surface area contributed by atoms with Gasteiger partial charge in [-0.05, 0) is 80.0 Å². The molecule has 3 unspecified atom stereocenters. The second kappa shape index (κ2) is 12.9. The predicted octanol–water partition coefficient (Wildman–Crippen LogP) is 5.72. The molecule has 1 saturated carbocycles. The average Bonchev–Trinajstić information content (AvgIpc) is 3.35. The summed E-state index contributed by atoms with van der Waals surface area (Å²) >= 11 is 0. The first kappa shape index (κ1) is 28.3. The van der Waals surface area contributed by atoms with Crippen LogP contribution in [-0.2, 0) is 11.2 Å². The molecule has 39 heavy (non-hydrogen) atoms. The molecule has 0 radical (unpaired) electrons. The first-order chi connectivity index (χ1) is 18.9. The van der Waals surface area contributed by atoms with Gasteiger partial charge in [-0.15, -0.1) is 0 Å². The molecule has 212 valence electrons. The molecule has 0 aromatic heterocycles. The Morgan fingerprint density at radius 3 is 2.33 bits per heavy atom. The van der Waals surface area contributed by atoms with E-state index in [4.69, 9.17) is 0 Å². The highest BCUT2D eigenvalue weighted by Gasteiger charge is 2.43. The molecule has 2 aliphatic heterocycles. The lowest BCUT2D eigenvalue weighted by Gasteiger charge is -2.40. The normalized spacial score (nSPS) is 25.5. The molecule has 5 rings (SSSR count). The van der Waals surface area contributed by atoms with Crippen molar-refractivity contribution >= 4 is 5.97 Å². The summed E-state index contributed by atoms with van der Waals surface area (Å²) < 4.78 is 13.2. The van der Waals surface area contributed by atoms with Crippen LogP contribution in [0.25, 0.3) is 0 Å². The predicted molar refractivity (Wildman–Crippen MR) is 152 cm³/mol. The molecule has 2 N–H and O–H groups in total. The molecule has 5 nitrogen and oxygen atoms in total. The number of hydrogen-bond acceptors (Lipinski definition) is 4. The van der Waals surface area contributed by atoms with Crippen molar-refractivity contribution in [2.75, 3.05) is 32.7 Å². The number of aryl methyl sites for hydroxylation is 1. The van der Waals surface area contributed by atoms with Gasteiger partial charge in [0, 0.05) is 38.6 Å². The van der Waals surface area contributed by atoms with Gasteiger partial charge in [0.15, 0.2) is 0 Å². The van der Waals surface area contributed by atoms with Crippen LogP contribution in [-0.4, -0.2) is 70.3 Å². The van der Waals surface area contributed by atoms with Crippen LogP contribution >= 0.6 is 0 Å². The van der Waals surface area contributed by atoms with Crippen LogP contribution in [0, 0.1) is 17.7 Å². The molecule has 1 aliphatic carbocycles. The maximum absolute atomic E-state index is 13.2. The third kappa shape index (κ3) is 7.27. The average molecular weight is 537 g/mol. The van der Waals surface area contributed by atoms with Crippen LogP contribution in [0.1, 0.15) is 74.8 Å². The van der Waals surface area contributed by atoms with Gasteiger partial charge in [0.1, 0.15) is 11.9 Å². The first-order valence-electron chi connectivity index (χ1n) is 15.1. The summed E-state index contributed by atoms with van der Waals surface area (Å²) in [6, 6.07) is 16.9. The molecule has 0 spiro atoms. The molecular formula is C33H45FN2O3. The largest absolute Gasteiger partial charge is 0.480 e. The highest BCUT2D eigenvalue weighted by atomic mass is 19.1. The number of benzene rings is 2. The fourth-order valence-corrected chi connectivity index (χ4v) is 7.51. The zero-order chi connectivity index (χ0) is 27.2. The summed E-state index contributed by atoms with van der Waals surface area (Å²) in [4.78, 5) is 17.3. The van der Waals surface area contributed by atoms with Gasteiger partial charge in [-0.1, -0.05) is 61.7 Å². The number of nitrogens with zero attached hydrogens (tertiary/aromatic N) is 2. The number of piperidine rings is 1. The standard InChI is InChI=1S/C33H45FN2O3/c34-29-15-13-25(14-16-29)8-7-17-33(39)18-20-35(21-19-33)22-28-23-36(24-30(28)26-9-3-1-4-10-26)31(32(37)38)27-11-5-2-6-12-27/h1,3-4,9-10,13-16,27-28,30-31,39H,2,5-8,11-12,17-24H2,(H,37,38).